The lowest BCUT2D eigenvalue weighted by Gasteiger charge is -2.35. The summed E-state index contributed by atoms with van der Waals surface area (Å²) in [5, 5.41) is 33.8. The highest BCUT2D eigenvalue weighted by Gasteiger charge is 2.33. The average molecular weight is 479 g/mol. The van der Waals surface area contributed by atoms with Crippen molar-refractivity contribution >= 4 is 42.3 Å². The number of hydrogen-bond acceptors (Lipinski definition) is 9. The molecule has 170 valence electrons. The van der Waals surface area contributed by atoms with Gasteiger partial charge in [0.15, 0.2) is 0 Å². The number of halogens is 1. The first-order valence-corrected chi connectivity index (χ1v) is 10.7. The summed E-state index contributed by atoms with van der Waals surface area (Å²) < 4.78 is 14.9. The minimum atomic E-state index is -4.90. The zero-order valence-electron chi connectivity index (χ0n) is 15.9. The van der Waals surface area contributed by atoms with Crippen LogP contribution in [0.5, 0.6) is 0 Å². The molecule has 1 aliphatic rings. The van der Waals surface area contributed by atoms with E-state index in [1.165, 1.54) is 11.0 Å². The van der Waals surface area contributed by atoms with Crippen molar-refractivity contribution < 1.29 is 34.2 Å². The zero-order chi connectivity index (χ0) is 23.1. The summed E-state index contributed by atoms with van der Waals surface area (Å²) in [6.07, 6.45) is -5.43. The number of aromatic nitrogens is 2. The van der Waals surface area contributed by atoms with Crippen molar-refractivity contribution in [1.29, 1.82) is 0 Å². The van der Waals surface area contributed by atoms with E-state index in [0.29, 0.717) is 22.0 Å². The van der Waals surface area contributed by atoms with Gasteiger partial charge in [0.1, 0.15) is 29.8 Å². The highest BCUT2D eigenvalue weighted by Crippen LogP contribution is 2.43. The maximum atomic E-state index is 12.3. The van der Waals surface area contributed by atoms with E-state index in [9.17, 15) is 29.5 Å². The van der Waals surface area contributed by atoms with Crippen molar-refractivity contribution in [3.63, 3.8) is 0 Å². The minimum Gasteiger partial charge on any atom is -0.388 e. The summed E-state index contributed by atoms with van der Waals surface area (Å²) in [7, 11) is -4.90. The Balaban J connectivity index is 1.95. The maximum Gasteiger partial charge on any atom is 0.469 e. The third-order valence-electron chi connectivity index (χ3n) is 4.59. The van der Waals surface area contributed by atoms with Gasteiger partial charge >= 0.3 is 13.5 Å². The number of H-pyrrole nitrogens is 2. The van der Waals surface area contributed by atoms with Crippen LogP contribution in [0.25, 0.3) is 0 Å². The summed E-state index contributed by atoms with van der Waals surface area (Å²) in [6.45, 7) is 0.352. The number of nitrogens with zero attached hydrogens (tertiary/aromatic N) is 1. The first-order chi connectivity index (χ1) is 14.4. The molecular weight excluding hydrogens is 459 g/mol. The Morgan fingerprint density at radius 3 is 2.48 bits per heavy atom. The molecule has 8 N–H and O–H groups in total. The fourth-order valence-corrected chi connectivity index (χ4v) is 3.56. The van der Waals surface area contributed by atoms with Crippen molar-refractivity contribution in [2.75, 3.05) is 23.4 Å². The number of rotatable bonds is 7. The highest BCUT2D eigenvalue weighted by atomic mass is 35.5. The number of β-amino-alcohol motifs (C(OH)–C–C–N with tert-alkyl or cyclic N) is 1. The standard InChI is InChI=1S/C16H20ClN4O9P/c1-6-2-8-9(3-7(6)17)21(14-12(18-8)15(25)20-16(26)19-14)4-10(22)13(24)11(23)5-30-31(27,28)29/h2-3,10-11,13,18,22-24H,4-5H2,1H3,(H2,27,28,29)(H2,19,20,25,26)/t10-,11+,13-/m0/s1. The van der Waals surface area contributed by atoms with Crippen LogP contribution in [-0.2, 0) is 9.09 Å². The van der Waals surface area contributed by atoms with Crippen LogP contribution in [0.1, 0.15) is 5.56 Å². The van der Waals surface area contributed by atoms with Crippen molar-refractivity contribution in [3.05, 3.63) is 43.6 Å². The average Bonchev–Trinajstić information content (AvgIpc) is 2.67. The number of nitrogens with one attached hydrogen (secondary N) is 3. The molecule has 13 nitrogen and oxygen atoms in total. The normalized spacial score (nSPS) is 16.2. The molecule has 0 bridgehead atoms. The fourth-order valence-electron chi connectivity index (χ4n) is 3.06. The lowest BCUT2D eigenvalue weighted by Crippen LogP contribution is -2.46. The molecule has 0 unspecified atom stereocenters. The van der Waals surface area contributed by atoms with E-state index >= 15 is 0 Å². The van der Waals surface area contributed by atoms with E-state index in [0.717, 1.165) is 0 Å². The fraction of sp³-hybridized carbons (Fsp3) is 0.375. The molecule has 1 aliphatic heterocycles. The molecule has 31 heavy (non-hydrogen) atoms. The van der Waals surface area contributed by atoms with E-state index < -0.39 is 50.5 Å². The van der Waals surface area contributed by atoms with Gasteiger partial charge in [-0.2, -0.15) is 0 Å². The summed E-state index contributed by atoms with van der Waals surface area (Å²) in [4.78, 5) is 47.3. The van der Waals surface area contributed by atoms with Crippen LogP contribution in [0.15, 0.2) is 21.7 Å². The first kappa shape index (κ1) is 23.4. The van der Waals surface area contributed by atoms with Crippen LogP contribution in [0.3, 0.4) is 0 Å². The van der Waals surface area contributed by atoms with Gasteiger partial charge in [-0.3, -0.25) is 19.3 Å². The second-order valence-electron chi connectivity index (χ2n) is 6.90. The van der Waals surface area contributed by atoms with Gasteiger partial charge in [0.25, 0.3) is 5.56 Å². The Morgan fingerprint density at radius 2 is 1.84 bits per heavy atom. The lowest BCUT2D eigenvalue weighted by molar-refractivity contribution is -0.0717. The molecule has 1 aromatic carbocycles. The molecule has 0 fully saturated rings. The zero-order valence-corrected chi connectivity index (χ0v) is 17.6. The van der Waals surface area contributed by atoms with E-state index in [1.54, 1.807) is 13.0 Å². The predicted molar refractivity (Wildman–Crippen MR) is 110 cm³/mol. The number of phosphoric ester groups is 1. The summed E-state index contributed by atoms with van der Waals surface area (Å²) in [5.74, 6) is -0.0200. The first-order valence-electron chi connectivity index (χ1n) is 8.83. The van der Waals surface area contributed by atoms with E-state index in [-0.39, 0.29) is 11.5 Å². The SMILES string of the molecule is Cc1cc2c(cc1Cl)N(C[C@H](O)[C@H](O)[C@H](O)COP(=O)(O)O)c1[nH]c(=O)[nH]c(=O)c1N2. The van der Waals surface area contributed by atoms with Crippen molar-refractivity contribution in [2.24, 2.45) is 0 Å². The van der Waals surface area contributed by atoms with Crippen molar-refractivity contribution in [2.45, 2.75) is 25.2 Å². The van der Waals surface area contributed by atoms with E-state index in [4.69, 9.17) is 21.4 Å². The molecule has 2 heterocycles. The molecule has 3 atom stereocenters. The van der Waals surface area contributed by atoms with Crippen LogP contribution in [0.2, 0.25) is 5.02 Å². The molecule has 3 rings (SSSR count). The van der Waals surface area contributed by atoms with Gasteiger partial charge in [0.05, 0.1) is 24.5 Å². The third kappa shape index (κ3) is 5.17. The summed E-state index contributed by atoms with van der Waals surface area (Å²) >= 11 is 6.20. The van der Waals surface area contributed by atoms with Crippen molar-refractivity contribution in [1.82, 2.24) is 9.97 Å². The van der Waals surface area contributed by atoms with Gasteiger partial charge in [-0.25, -0.2) is 9.36 Å². The van der Waals surface area contributed by atoms with Crippen molar-refractivity contribution in [3.8, 4) is 0 Å². The number of anilines is 4. The topological polar surface area (TPSA) is 208 Å². The second kappa shape index (κ2) is 8.73. The predicted octanol–water partition coefficient (Wildman–Crippen LogP) is -0.588. The van der Waals surface area contributed by atoms with Gasteiger partial charge in [0.2, 0.25) is 0 Å². The van der Waals surface area contributed by atoms with Gasteiger partial charge in [-0.1, -0.05) is 11.6 Å². The maximum absolute atomic E-state index is 12.3. The Morgan fingerprint density at radius 1 is 1.16 bits per heavy atom. The second-order valence-corrected chi connectivity index (χ2v) is 8.54. The minimum absolute atomic E-state index is 0.0200. The van der Waals surface area contributed by atoms with E-state index in [2.05, 4.69) is 19.8 Å². The Hall–Kier alpha value is -2.22. The van der Waals surface area contributed by atoms with Crippen LogP contribution in [-0.4, -0.2) is 66.5 Å². The smallest absolute Gasteiger partial charge is 0.388 e. The molecule has 15 heteroatoms. The van der Waals surface area contributed by atoms with Gasteiger partial charge in [-0.05, 0) is 24.6 Å². The quantitative estimate of drug-likeness (QED) is 0.236. The highest BCUT2D eigenvalue weighted by molar-refractivity contribution is 7.46. The van der Waals surface area contributed by atoms with Gasteiger partial charge in [-0.15, -0.1) is 0 Å². The lowest BCUT2D eigenvalue weighted by atomic mass is 10.1. The third-order valence-corrected chi connectivity index (χ3v) is 5.48. The Labute approximate surface area is 179 Å². The number of aliphatic hydroxyl groups excluding tert-OH is 3. The largest absolute Gasteiger partial charge is 0.469 e. The number of aromatic amines is 2. The molecule has 0 saturated carbocycles. The van der Waals surface area contributed by atoms with Crippen LogP contribution in [0.4, 0.5) is 22.9 Å². The van der Waals surface area contributed by atoms with Gasteiger partial charge < -0.3 is 35.3 Å². The molecule has 0 radical (unpaired) electrons. The molecule has 0 aliphatic carbocycles. The molecule has 0 saturated heterocycles. The van der Waals surface area contributed by atoms with Crippen LogP contribution < -0.4 is 21.5 Å². The molecule has 2 aromatic rings. The Bertz CT molecular complexity index is 1150. The molecular formula is C16H20ClN4O9P. The number of hydrogen-bond donors (Lipinski definition) is 8. The number of aliphatic hydroxyl groups is 3. The van der Waals surface area contributed by atoms with Crippen LogP contribution in [0, 0.1) is 6.92 Å². The van der Waals surface area contributed by atoms with Crippen LogP contribution >= 0.6 is 19.4 Å². The van der Waals surface area contributed by atoms with Gasteiger partial charge in [0, 0.05) is 5.02 Å². The number of fused-ring (bicyclic) bond motifs is 2. The summed E-state index contributed by atoms with van der Waals surface area (Å²) in [6, 6.07) is 3.16. The molecule has 0 amide bonds. The van der Waals surface area contributed by atoms with E-state index in [1.807, 2.05) is 0 Å². The number of benzene rings is 1. The number of aryl methyl sites for hydroxylation is 1. The monoisotopic (exact) mass is 478 g/mol. The number of phosphoric acid groups is 1. The summed E-state index contributed by atoms with van der Waals surface area (Å²) in [5.41, 5.74) is -0.103. The Kier molecular flexibility index (Phi) is 6.60. The molecule has 0 spiro atoms. The molecule has 1 aromatic heterocycles.